The largest absolute Gasteiger partial charge is 0.491 e. The molecule has 5 heterocycles. The lowest BCUT2D eigenvalue weighted by molar-refractivity contribution is 0.0945. The van der Waals surface area contributed by atoms with Crippen LogP contribution in [0.2, 0.25) is 0 Å². The fourth-order valence-corrected chi connectivity index (χ4v) is 3.51. The van der Waals surface area contributed by atoms with Crippen molar-refractivity contribution in [2.45, 2.75) is 6.54 Å². The van der Waals surface area contributed by atoms with E-state index in [0.29, 0.717) is 46.0 Å². The third-order valence-electron chi connectivity index (χ3n) is 5.24. The van der Waals surface area contributed by atoms with Gasteiger partial charge < -0.3 is 20.1 Å². The fourth-order valence-electron chi connectivity index (χ4n) is 3.51. The van der Waals surface area contributed by atoms with E-state index in [1.807, 2.05) is 42.6 Å². The Balaban J connectivity index is 1.30. The van der Waals surface area contributed by atoms with Crippen LogP contribution in [0.3, 0.4) is 0 Å². The predicted molar refractivity (Wildman–Crippen MR) is 132 cm³/mol. The summed E-state index contributed by atoms with van der Waals surface area (Å²) in [5.74, 6) is 1.83. The van der Waals surface area contributed by atoms with Crippen LogP contribution < -0.4 is 20.1 Å². The highest BCUT2D eigenvalue weighted by atomic mass is 16.5. The third-order valence-corrected chi connectivity index (χ3v) is 5.24. The van der Waals surface area contributed by atoms with Gasteiger partial charge in [0.25, 0.3) is 11.8 Å². The molecule has 0 atom stereocenters. The molecule has 0 bridgehead atoms. The van der Waals surface area contributed by atoms with Crippen molar-refractivity contribution >= 4 is 23.2 Å². The number of ether oxygens (including phenoxy) is 2. The zero-order valence-electron chi connectivity index (χ0n) is 19.5. The topological polar surface area (TPSA) is 128 Å². The van der Waals surface area contributed by atoms with Crippen molar-refractivity contribution in [2.24, 2.45) is 0 Å². The van der Waals surface area contributed by atoms with Gasteiger partial charge in [0, 0.05) is 30.2 Å². The number of carbonyl (C=O) groups is 1. The van der Waals surface area contributed by atoms with Crippen LogP contribution in [0.25, 0.3) is 16.9 Å². The molecule has 0 aromatic carbocycles. The standard InChI is InChI=1S/C25H22N8O3/c1-35-20-12-16(14-28-25(20)36-2)18-9-11-33-23(30-18)13-22(32-33)31-21-8-5-6-17(29-21)15-27-24(34)19-7-3-4-10-26-19/h3-14H,15H2,1-2H3,(H,27,34)(H,29,31,32). The minimum atomic E-state index is -0.261. The zero-order chi connectivity index (χ0) is 24.9. The lowest BCUT2D eigenvalue weighted by Crippen LogP contribution is -2.24. The summed E-state index contributed by atoms with van der Waals surface area (Å²) in [4.78, 5) is 29.8. The molecule has 0 aliphatic carbocycles. The fraction of sp³-hybridized carbons (Fsp3) is 0.120. The molecule has 0 radical (unpaired) electrons. The summed E-state index contributed by atoms with van der Waals surface area (Å²) < 4.78 is 12.2. The quantitative estimate of drug-likeness (QED) is 0.342. The molecule has 2 N–H and O–H groups in total. The Hall–Kier alpha value is -5.06. The van der Waals surface area contributed by atoms with E-state index >= 15 is 0 Å². The second-order valence-electron chi connectivity index (χ2n) is 7.62. The van der Waals surface area contributed by atoms with Gasteiger partial charge in [0.15, 0.2) is 17.2 Å². The SMILES string of the molecule is COc1cc(-c2ccn3nc(Nc4cccc(CNC(=O)c5ccccn5)n4)cc3n2)cnc1OC. The molecular formula is C25H22N8O3. The summed E-state index contributed by atoms with van der Waals surface area (Å²) in [5.41, 5.74) is 3.18. The Morgan fingerprint density at radius 1 is 0.972 bits per heavy atom. The summed E-state index contributed by atoms with van der Waals surface area (Å²) in [6.45, 7) is 0.264. The van der Waals surface area contributed by atoms with Gasteiger partial charge in [-0.15, -0.1) is 5.10 Å². The van der Waals surface area contributed by atoms with Gasteiger partial charge in [0.05, 0.1) is 32.2 Å². The molecule has 5 aromatic rings. The van der Waals surface area contributed by atoms with Crippen molar-refractivity contribution < 1.29 is 14.3 Å². The molecule has 0 aliphatic heterocycles. The summed E-state index contributed by atoms with van der Waals surface area (Å²) >= 11 is 0. The van der Waals surface area contributed by atoms with E-state index in [1.165, 1.54) is 0 Å². The van der Waals surface area contributed by atoms with Crippen LogP contribution in [0.15, 0.2) is 73.2 Å². The normalized spacial score (nSPS) is 10.7. The van der Waals surface area contributed by atoms with E-state index in [1.54, 1.807) is 49.3 Å². The number of nitrogens with one attached hydrogen (secondary N) is 2. The zero-order valence-corrected chi connectivity index (χ0v) is 19.5. The van der Waals surface area contributed by atoms with Crippen molar-refractivity contribution in [1.82, 2.24) is 34.9 Å². The van der Waals surface area contributed by atoms with E-state index in [2.05, 4.69) is 35.7 Å². The van der Waals surface area contributed by atoms with Crippen LogP contribution in [0.5, 0.6) is 11.6 Å². The maximum atomic E-state index is 12.2. The number of fused-ring (bicyclic) bond motifs is 1. The van der Waals surface area contributed by atoms with Gasteiger partial charge in [-0.3, -0.25) is 9.78 Å². The number of methoxy groups -OCH3 is 2. The lowest BCUT2D eigenvalue weighted by atomic mass is 10.2. The summed E-state index contributed by atoms with van der Waals surface area (Å²) in [7, 11) is 3.10. The van der Waals surface area contributed by atoms with Gasteiger partial charge in [0.2, 0.25) is 0 Å². The van der Waals surface area contributed by atoms with E-state index in [-0.39, 0.29) is 12.5 Å². The lowest BCUT2D eigenvalue weighted by Gasteiger charge is -2.08. The third kappa shape index (κ3) is 4.89. The summed E-state index contributed by atoms with van der Waals surface area (Å²) in [6, 6.07) is 16.2. The molecule has 0 aliphatic rings. The summed E-state index contributed by atoms with van der Waals surface area (Å²) in [6.07, 6.45) is 5.07. The molecule has 1 amide bonds. The first-order valence-electron chi connectivity index (χ1n) is 11.0. The van der Waals surface area contributed by atoms with Crippen LogP contribution >= 0.6 is 0 Å². The molecule has 11 heteroatoms. The smallest absolute Gasteiger partial charge is 0.270 e. The van der Waals surface area contributed by atoms with Crippen molar-refractivity contribution in [2.75, 3.05) is 19.5 Å². The second-order valence-corrected chi connectivity index (χ2v) is 7.62. The molecule has 180 valence electrons. The van der Waals surface area contributed by atoms with E-state index in [9.17, 15) is 4.79 Å². The van der Waals surface area contributed by atoms with Crippen molar-refractivity contribution in [3.05, 3.63) is 84.6 Å². The maximum Gasteiger partial charge on any atom is 0.270 e. The number of amides is 1. The van der Waals surface area contributed by atoms with Crippen molar-refractivity contribution in [1.29, 1.82) is 0 Å². The molecule has 5 aromatic heterocycles. The van der Waals surface area contributed by atoms with Crippen LogP contribution in [0.4, 0.5) is 11.6 Å². The van der Waals surface area contributed by atoms with Gasteiger partial charge in [-0.25, -0.2) is 19.5 Å². The number of nitrogens with zero attached hydrogens (tertiary/aromatic N) is 6. The first kappa shape index (κ1) is 22.7. The Labute approximate surface area is 206 Å². The van der Waals surface area contributed by atoms with Crippen molar-refractivity contribution in [3.8, 4) is 22.9 Å². The average molecular weight is 483 g/mol. The minimum Gasteiger partial charge on any atom is -0.491 e. The van der Waals surface area contributed by atoms with Crippen LogP contribution in [-0.2, 0) is 6.54 Å². The van der Waals surface area contributed by atoms with E-state index in [4.69, 9.17) is 9.47 Å². The van der Waals surface area contributed by atoms with Crippen LogP contribution in [-0.4, -0.2) is 49.7 Å². The Kier molecular flexibility index (Phi) is 6.34. The molecule has 36 heavy (non-hydrogen) atoms. The molecule has 0 spiro atoms. The number of anilines is 2. The van der Waals surface area contributed by atoms with Gasteiger partial charge in [-0.05, 0) is 36.4 Å². The van der Waals surface area contributed by atoms with Gasteiger partial charge in [-0.1, -0.05) is 12.1 Å². The molecule has 0 unspecified atom stereocenters. The van der Waals surface area contributed by atoms with Gasteiger partial charge in [0.1, 0.15) is 11.5 Å². The predicted octanol–water partition coefficient (Wildman–Crippen LogP) is 3.27. The van der Waals surface area contributed by atoms with E-state index < -0.39 is 0 Å². The molecule has 0 saturated carbocycles. The maximum absolute atomic E-state index is 12.2. The van der Waals surface area contributed by atoms with Crippen molar-refractivity contribution in [3.63, 3.8) is 0 Å². The minimum absolute atomic E-state index is 0.261. The Bertz CT molecular complexity index is 1520. The molecule has 0 fully saturated rings. The Morgan fingerprint density at radius 3 is 2.69 bits per heavy atom. The highest BCUT2D eigenvalue weighted by Gasteiger charge is 2.11. The van der Waals surface area contributed by atoms with Gasteiger partial charge >= 0.3 is 0 Å². The first-order chi connectivity index (χ1) is 17.6. The summed E-state index contributed by atoms with van der Waals surface area (Å²) in [5, 5.41) is 10.5. The number of pyridine rings is 3. The van der Waals surface area contributed by atoms with Crippen LogP contribution in [0.1, 0.15) is 16.2 Å². The monoisotopic (exact) mass is 482 g/mol. The second kappa shape index (κ2) is 10.1. The molecular weight excluding hydrogens is 460 g/mol. The first-order valence-corrected chi connectivity index (χ1v) is 11.0. The molecule has 11 nitrogen and oxygen atoms in total. The number of carbonyl (C=O) groups excluding carboxylic acids is 1. The molecule has 5 rings (SSSR count). The number of rotatable bonds is 8. The van der Waals surface area contributed by atoms with Crippen LogP contribution in [0, 0.1) is 0 Å². The highest BCUT2D eigenvalue weighted by molar-refractivity contribution is 5.92. The Morgan fingerprint density at radius 2 is 1.89 bits per heavy atom. The van der Waals surface area contributed by atoms with E-state index in [0.717, 1.165) is 5.56 Å². The molecule has 0 saturated heterocycles. The number of hydrogen-bond donors (Lipinski definition) is 2. The highest BCUT2D eigenvalue weighted by Crippen LogP contribution is 2.29. The average Bonchev–Trinajstić information content (AvgIpc) is 3.33. The number of hydrogen-bond acceptors (Lipinski definition) is 9. The van der Waals surface area contributed by atoms with Gasteiger partial charge in [-0.2, -0.15) is 0 Å². The number of aromatic nitrogens is 6.